The van der Waals surface area contributed by atoms with Gasteiger partial charge in [0.2, 0.25) is 5.91 Å². The number of carbonyl (C=O) groups is 1. The third kappa shape index (κ3) is 3.42. The highest BCUT2D eigenvalue weighted by Crippen LogP contribution is 2.21. The van der Waals surface area contributed by atoms with Gasteiger partial charge in [0.1, 0.15) is 5.82 Å². The van der Waals surface area contributed by atoms with E-state index in [0.717, 1.165) is 0 Å². The average Bonchev–Trinajstić information content (AvgIpc) is 2.49. The molecule has 2 rings (SSSR count). The number of nitrogens with zero attached hydrogens (tertiary/aromatic N) is 1. The van der Waals surface area contributed by atoms with Gasteiger partial charge in [-0.15, -0.1) is 0 Å². The molecule has 5 nitrogen and oxygen atoms in total. The van der Waals surface area contributed by atoms with E-state index < -0.39 is 16.7 Å². The first-order valence-corrected chi connectivity index (χ1v) is 6.29. The predicted molar refractivity (Wildman–Crippen MR) is 76.5 cm³/mol. The lowest BCUT2D eigenvalue weighted by Gasteiger charge is -2.12. The highest BCUT2D eigenvalue weighted by atomic mass is 19.1. The van der Waals surface area contributed by atoms with Crippen LogP contribution >= 0.6 is 0 Å². The fourth-order valence-corrected chi connectivity index (χ4v) is 1.84. The van der Waals surface area contributed by atoms with Crippen LogP contribution in [0.4, 0.5) is 15.8 Å². The fraction of sp³-hybridized carbons (Fsp3) is 0.133. The summed E-state index contributed by atoms with van der Waals surface area (Å²) in [6.45, 7) is 1.65. The summed E-state index contributed by atoms with van der Waals surface area (Å²) in [5, 5.41) is 13.1. The Kier molecular flexibility index (Phi) is 4.27. The molecule has 1 amide bonds. The van der Waals surface area contributed by atoms with Gasteiger partial charge in [-0.25, -0.2) is 4.39 Å². The number of benzene rings is 2. The summed E-state index contributed by atoms with van der Waals surface area (Å²) in [6, 6.07) is 11.6. The standard InChI is InChI=1S/C15H13FN2O3/c1-10(11-6-8-12(9-7-11)18(20)21)15(19)17-14-5-3-2-4-13(14)16/h2-10H,1H3,(H,17,19)/t10-/m0/s1. The molecule has 0 radical (unpaired) electrons. The van der Waals surface area contributed by atoms with Gasteiger partial charge in [0.25, 0.3) is 5.69 Å². The largest absolute Gasteiger partial charge is 0.323 e. The number of nitro benzene ring substituents is 1. The van der Waals surface area contributed by atoms with Gasteiger partial charge >= 0.3 is 0 Å². The summed E-state index contributed by atoms with van der Waals surface area (Å²) in [5.41, 5.74) is 0.686. The molecule has 0 bridgehead atoms. The zero-order valence-electron chi connectivity index (χ0n) is 11.2. The second-order valence-corrected chi connectivity index (χ2v) is 4.54. The van der Waals surface area contributed by atoms with Crippen molar-refractivity contribution < 1.29 is 14.1 Å². The summed E-state index contributed by atoms with van der Waals surface area (Å²) in [4.78, 5) is 22.1. The molecule has 2 aromatic rings. The first-order valence-electron chi connectivity index (χ1n) is 6.29. The second-order valence-electron chi connectivity index (χ2n) is 4.54. The third-order valence-corrected chi connectivity index (χ3v) is 3.13. The van der Waals surface area contributed by atoms with Gasteiger partial charge in [0, 0.05) is 12.1 Å². The molecule has 0 spiro atoms. The third-order valence-electron chi connectivity index (χ3n) is 3.13. The van der Waals surface area contributed by atoms with Crippen LogP contribution in [0.1, 0.15) is 18.4 Å². The van der Waals surface area contributed by atoms with Crippen LogP contribution in [-0.2, 0) is 4.79 Å². The van der Waals surface area contributed by atoms with Gasteiger partial charge in [-0.1, -0.05) is 24.3 Å². The molecular formula is C15H13FN2O3. The Morgan fingerprint density at radius 2 is 1.81 bits per heavy atom. The van der Waals surface area contributed by atoms with Gasteiger partial charge in [0.05, 0.1) is 16.5 Å². The van der Waals surface area contributed by atoms with E-state index in [0.29, 0.717) is 5.56 Å². The van der Waals surface area contributed by atoms with Crippen LogP contribution in [0.2, 0.25) is 0 Å². The Hall–Kier alpha value is -2.76. The molecule has 0 aliphatic carbocycles. The molecule has 0 saturated heterocycles. The van der Waals surface area contributed by atoms with E-state index in [1.807, 2.05) is 0 Å². The van der Waals surface area contributed by atoms with Gasteiger partial charge < -0.3 is 5.32 Å². The second kappa shape index (κ2) is 6.13. The van der Waals surface area contributed by atoms with Crippen molar-refractivity contribution in [2.45, 2.75) is 12.8 Å². The smallest absolute Gasteiger partial charge is 0.269 e. The minimum Gasteiger partial charge on any atom is -0.323 e. The number of carbonyl (C=O) groups excluding carboxylic acids is 1. The first kappa shape index (κ1) is 14.6. The maximum Gasteiger partial charge on any atom is 0.269 e. The van der Waals surface area contributed by atoms with Crippen LogP contribution in [-0.4, -0.2) is 10.8 Å². The number of nitro groups is 1. The molecule has 0 aromatic heterocycles. The molecule has 21 heavy (non-hydrogen) atoms. The normalized spacial score (nSPS) is 11.7. The number of para-hydroxylation sites is 1. The molecule has 2 aromatic carbocycles. The van der Waals surface area contributed by atoms with Crippen molar-refractivity contribution in [1.29, 1.82) is 0 Å². The van der Waals surface area contributed by atoms with Gasteiger partial charge in [-0.2, -0.15) is 0 Å². The quantitative estimate of drug-likeness (QED) is 0.691. The summed E-state index contributed by atoms with van der Waals surface area (Å²) in [5.74, 6) is -1.44. The number of rotatable bonds is 4. The van der Waals surface area contributed by atoms with Crippen molar-refractivity contribution in [1.82, 2.24) is 0 Å². The number of halogens is 1. The topological polar surface area (TPSA) is 72.2 Å². The number of hydrogen-bond donors (Lipinski definition) is 1. The maximum atomic E-state index is 13.5. The van der Waals surface area contributed by atoms with Crippen LogP contribution in [0.5, 0.6) is 0 Å². The Bertz CT molecular complexity index is 671. The number of nitrogens with one attached hydrogen (secondary N) is 1. The average molecular weight is 288 g/mol. The Balaban J connectivity index is 2.12. The first-order chi connectivity index (χ1) is 9.99. The molecule has 0 unspecified atom stereocenters. The minimum atomic E-state index is -0.551. The SMILES string of the molecule is C[C@H](C(=O)Nc1ccccc1F)c1ccc([N+](=O)[O-])cc1. The Morgan fingerprint density at radius 3 is 2.38 bits per heavy atom. The molecule has 1 atom stereocenters. The molecule has 0 aliphatic rings. The van der Waals surface area contributed by atoms with Crippen molar-refractivity contribution in [2.75, 3.05) is 5.32 Å². The zero-order chi connectivity index (χ0) is 15.4. The molecule has 6 heteroatoms. The van der Waals surface area contributed by atoms with Crippen molar-refractivity contribution in [3.05, 3.63) is 70.0 Å². The van der Waals surface area contributed by atoms with Crippen molar-refractivity contribution >= 4 is 17.3 Å². The molecule has 108 valence electrons. The van der Waals surface area contributed by atoms with E-state index in [-0.39, 0.29) is 17.3 Å². The number of anilines is 1. The number of amides is 1. The van der Waals surface area contributed by atoms with E-state index in [9.17, 15) is 19.3 Å². The van der Waals surface area contributed by atoms with Crippen LogP contribution in [0.3, 0.4) is 0 Å². The highest BCUT2D eigenvalue weighted by Gasteiger charge is 2.17. The number of non-ortho nitro benzene ring substituents is 1. The van der Waals surface area contributed by atoms with E-state index in [1.165, 1.54) is 42.5 Å². The van der Waals surface area contributed by atoms with Crippen LogP contribution < -0.4 is 5.32 Å². The highest BCUT2D eigenvalue weighted by molar-refractivity contribution is 5.95. The van der Waals surface area contributed by atoms with Gasteiger partial charge in [-0.05, 0) is 24.6 Å². The predicted octanol–water partition coefficient (Wildman–Crippen LogP) is 3.48. The fourth-order valence-electron chi connectivity index (χ4n) is 1.84. The molecule has 1 N–H and O–H groups in total. The van der Waals surface area contributed by atoms with E-state index in [2.05, 4.69) is 5.32 Å². The van der Waals surface area contributed by atoms with Gasteiger partial charge in [-0.3, -0.25) is 14.9 Å². The summed E-state index contributed by atoms with van der Waals surface area (Å²) < 4.78 is 13.5. The van der Waals surface area contributed by atoms with Crippen molar-refractivity contribution in [3.8, 4) is 0 Å². The summed E-state index contributed by atoms with van der Waals surface area (Å²) >= 11 is 0. The number of hydrogen-bond acceptors (Lipinski definition) is 3. The summed E-state index contributed by atoms with van der Waals surface area (Å²) in [7, 11) is 0. The molecule has 0 fully saturated rings. The van der Waals surface area contributed by atoms with Crippen LogP contribution in [0, 0.1) is 15.9 Å². The van der Waals surface area contributed by atoms with Crippen molar-refractivity contribution in [2.24, 2.45) is 0 Å². The Labute approximate surface area is 120 Å². The monoisotopic (exact) mass is 288 g/mol. The van der Waals surface area contributed by atoms with Crippen LogP contribution in [0.15, 0.2) is 48.5 Å². The van der Waals surface area contributed by atoms with Gasteiger partial charge in [0.15, 0.2) is 0 Å². The van der Waals surface area contributed by atoms with E-state index in [4.69, 9.17) is 0 Å². The molecule has 0 heterocycles. The zero-order valence-corrected chi connectivity index (χ0v) is 11.2. The lowest BCUT2D eigenvalue weighted by atomic mass is 10.00. The van der Waals surface area contributed by atoms with Crippen molar-refractivity contribution in [3.63, 3.8) is 0 Å². The van der Waals surface area contributed by atoms with Crippen LogP contribution in [0.25, 0.3) is 0 Å². The molecule has 0 saturated carbocycles. The lowest BCUT2D eigenvalue weighted by Crippen LogP contribution is -2.19. The molecular weight excluding hydrogens is 275 g/mol. The maximum absolute atomic E-state index is 13.5. The van der Waals surface area contributed by atoms with E-state index >= 15 is 0 Å². The minimum absolute atomic E-state index is 0.0412. The Morgan fingerprint density at radius 1 is 1.19 bits per heavy atom. The summed E-state index contributed by atoms with van der Waals surface area (Å²) in [6.07, 6.45) is 0. The molecule has 0 aliphatic heterocycles. The lowest BCUT2D eigenvalue weighted by molar-refractivity contribution is -0.384. The van der Waals surface area contributed by atoms with E-state index in [1.54, 1.807) is 13.0 Å².